The standard InChI is InChI=1S/C11H14Cl2O/c1-11(2,3)7-4-5-9(14)8(6-7)10(12)13/h4-6,10,14H,1-3H3. The Kier molecular flexibility index (Phi) is 3.33. The molecular weight excluding hydrogens is 219 g/mol. The van der Waals surface area contributed by atoms with Crippen molar-refractivity contribution in [2.75, 3.05) is 0 Å². The average molecular weight is 233 g/mol. The lowest BCUT2D eigenvalue weighted by molar-refractivity contribution is 0.468. The maximum absolute atomic E-state index is 9.50. The van der Waals surface area contributed by atoms with E-state index in [0.29, 0.717) is 5.56 Å². The summed E-state index contributed by atoms with van der Waals surface area (Å²) in [6.45, 7) is 6.29. The summed E-state index contributed by atoms with van der Waals surface area (Å²) in [6.07, 6.45) is 0. The van der Waals surface area contributed by atoms with Gasteiger partial charge in [0.15, 0.2) is 0 Å². The Labute approximate surface area is 94.7 Å². The van der Waals surface area contributed by atoms with Gasteiger partial charge in [0.1, 0.15) is 10.6 Å². The highest BCUT2D eigenvalue weighted by Gasteiger charge is 2.17. The smallest absolute Gasteiger partial charge is 0.136 e. The van der Waals surface area contributed by atoms with E-state index in [2.05, 4.69) is 20.8 Å². The Morgan fingerprint density at radius 1 is 1.21 bits per heavy atom. The minimum absolute atomic E-state index is 0.0329. The van der Waals surface area contributed by atoms with Crippen LogP contribution in [0.3, 0.4) is 0 Å². The summed E-state index contributed by atoms with van der Waals surface area (Å²) in [5.41, 5.74) is 1.71. The molecule has 0 aromatic heterocycles. The van der Waals surface area contributed by atoms with Crippen molar-refractivity contribution in [3.8, 4) is 5.75 Å². The van der Waals surface area contributed by atoms with Crippen molar-refractivity contribution in [2.24, 2.45) is 0 Å². The van der Waals surface area contributed by atoms with Gasteiger partial charge in [-0.05, 0) is 23.1 Å². The molecule has 1 rings (SSSR count). The molecule has 0 amide bonds. The Morgan fingerprint density at radius 3 is 2.21 bits per heavy atom. The Morgan fingerprint density at radius 2 is 1.79 bits per heavy atom. The minimum atomic E-state index is -0.683. The number of halogens is 2. The monoisotopic (exact) mass is 232 g/mol. The number of aromatic hydroxyl groups is 1. The first kappa shape index (κ1) is 11.7. The van der Waals surface area contributed by atoms with Gasteiger partial charge < -0.3 is 5.11 Å². The molecule has 14 heavy (non-hydrogen) atoms. The van der Waals surface area contributed by atoms with Crippen molar-refractivity contribution in [1.82, 2.24) is 0 Å². The molecule has 0 aliphatic rings. The lowest BCUT2D eigenvalue weighted by Gasteiger charge is -2.20. The second kappa shape index (κ2) is 4.00. The molecule has 78 valence electrons. The predicted octanol–water partition coefficient (Wildman–Crippen LogP) is 4.17. The van der Waals surface area contributed by atoms with E-state index in [1.54, 1.807) is 6.07 Å². The molecule has 0 heterocycles. The van der Waals surface area contributed by atoms with E-state index >= 15 is 0 Å². The summed E-state index contributed by atoms with van der Waals surface area (Å²) in [5, 5.41) is 9.50. The molecule has 1 nitrogen and oxygen atoms in total. The zero-order chi connectivity index (χ0) is 10.9. The Hall–Kier alpha value is -0.400. The fraction of sp³-hybridized carbons (Fsp3) is 0.455. The van der Waals surface area contributed by atoms with Gasteiger partial charge in [-0.1, -0.05) is 50.0 Å². The predicted molar refractivity (Wildman–Crippen MR) is 61.3 cm³/mol. The van der Waals surface area contributed by atoms with Crippen LogP contribution in [0.2, 0.25) is 0 Å². The van der Waals surface area contributed by atoms with Gasteiger partial charge in [-0.15, -0.1) is 0 Å². The van der Waals surface area contributed by atoms with Crippen LogP contribution >= 0.6 is 23.2 Å². The van der Waals surface area contributed by atoms with Crippen LogP contribution in [0.15, 0.2) is 18.2 Å². The van der Waals surface area contributed by atoms with Crippen LogP contribution in [0.25, 0.3) is 0 Å². The molecule has 0 spiro atoms. The normalized spacial score (nSPS) is 12.1. The van der Waals surface area contributed by atoms with Crippen LogP contribution in [0.1, 0.15) is 36.7 Å². The highest BCUT2D eigenvalue weighted by Crippen LogP contribution is 2.35. The van der Waals surface area contributed by atoms with Gasteiger partial charge >= 0.3 is 0 Å². The zero-order valence-corrected chi connectivity index (χ0v) is 10.0. The average Bonchev–Trinajstić information content (AvgIpc) is 2.02. The summed E-state index contributed by atoms with van der Waals surface area (Å²) < 4.78 is 0. The van der Waals surface area contributed by atoms with Gasteiger partial charge in [0.2, 0.25) is 0 Å². The van der Waals surface area contributed by atoms with Gasteiger partial charge in [-0.25, -0.2) is 0 Å². The lowest BCUT2D eigenvalue weighted by Crippen LogP contribution is -2.11. The van der Waals surface area contributed by atoms with E-state index in [1.165, 1.54) is 0 Å². The Bertz CT molecular complexity index is 327. The number of rotatable bonds is 1. The molecule has 0 unspecified atom stereocenters. The van der Waals surface area contributed by atoms with Gasteiger partial charge in [0.05, 0.1) is 0 Å². The number of alkyl halides is 2. The van der Waals surface area contributed by atoms with Crippen molar-refractivity contribution in [2.45, 2.75) is 31.0 Å². The molecule has 1 N–H and O–H groups in total. The minimum Gasteiger partial charge on any atom is -0.508 e. The molecule has 0 aliphatic carbocycles. The maximum Gasteiger partial charge on any atom is 0.136 e. The van der Waals surface area contributed by atoms with Crippen LogP contribution in [0.5, 0.6) is 5.75 Å². The van der Waals surface area contributed by atoms with Crippen molar-refractivity contribution in [3.63, 3.8) is 0 Å². The third-order valence-corrected chi connectivity index (χ3v) is 2.60. The van der Waals surface area contributed by atoms with Gasteiger partial charge in [0.25, 0.3) is 0 Å². The summed E-state index contributed by atoms with van der Waals surface area (Å²) in [4.78, 5) is -0.683. The van der Waals surface area contributed by atoms with Gasteiger partial charge in [0, 0.05) is 5.56 Å². The molecule has 0 atom stereocenters. The molecule has 3 heteroatoms. The van der Waals surface area contributed by atoms with E-state index < -0.39 is 4.84 Å². The topological polar surface area (TPSA) is 20.2 Å². The highest BCUT2D eigenvalue weighted by molar-refractivity contribution is 6.44. The van der Waals surface area contributed by atoms with E-state index in [0.717, 1.165) is 5.56 Å². The molecule has 0 bridgehead atoms. The number of phenols is 1. The number of benzene rings is 1. The van der Waals surface area contributed by atoms with Crippen molar-refractivity contribution >= 4 is 23.2 Å². The lowest BCUT2D eigenvalue weighted by atomic mass is 9.86. The molecule has 0 radical (unpaired) electrons. The van der Waals surface area contributed by atoms with Crippen LogP contribution in [0.4, 0.5) is 0 Å². The molecule has 1 aromatic carbocycles. The van der Waals surface area contributed by atoms with Crippen LogP contribution in [-0.2, 0) is 5.41 Å². The summed E-state index contributed by atoms with van der Waals surface area (Å²) >= 11 is 11.5. The van der Waals surface area contributed by atoms with E-state index in [-0.39, 0.29) is 11.2 Å². The van der Waals surface area contributed by atoms with E-state index in [4.69, 9.17) is 23.2 Å². The van der Waals surface area contributed by atoms with Crippen molar-refractivity contribution in [3.05, 3.63) is 29.3 Å². The van der Waals surface area contributed by atoms with Crippen molar-refractivity contribution in [1.29, 1.82) is 0 Å². The highest BCUT2D eigenvalue weighted by atomic mass is 35.5. The maximum atomic E-state index is 9.50. The van der Waals surface area contributed by atoms with E-state index in [9.17, 15) is 5.11 Å². The summed E-state index contributed by atoms with van der Waals surface area (Å²) in [7, 11) is 0. The molecular formula is C11H14Cl2O. The fourth-order valence-electron chi connectivity index (χ4n) is 1.20. The number of hydrogen-bond acceptors (Lipinski definition) is 1. The molecule has 0 saturated carbocycles. The molecule has 0 aliphatic heterocycles. The summed E-state index contributed by atoms with van der Waals surface area (Å²) in [6, 6.07) is 5.36. The Balaban J connectivity index is 3.20. The quantitative estimate of drug-likeness (QED) is 0.722. The molecule has 0 fully saturated rings. The van der Waals surface area contributed by atoms with Crippen LogP contribution in [-0.4, -0.2) is 5.11 Å². The molecule has 1 aromatic rings. The molecule has 0 saturated heterocycles. The third kappa shape index (κ3) is 2.55. The largest absolute Gasteiger partial charge is 0.508 e. The zero-order valence-electron chi connectivity index (χ0n) is 8.51. The SMILES string of the molecule is CC(C)(C)c1ccc(O)c(C(Cl)Cl)c1. The van der Waals surface area contributed by atoms with Crippen LogP contribution < -0.4 is 0 Å². The summed E-state index contributed by atoms with van der Waals surface area (Å²) in [5.74, 6) is 0.146. The first-order chi connectivity index (χ1) is 6.32. The number of phenolic OH excluding ortho intramolecular Hbond substituents is 1. The first-order valence-corrected chi connectivity index (χ1v) is 5.31. The van der Waals surface area contributed by atoms with Gasteiger partial charge in [-0.2, -0.15) is 0 Å². The van der Waals surface area contributed by atoms with E-state index in [1.807, 2.05) is 12.1 Å². The fourth-order valence-corrected chi connectivity index (χ4v) is 1.55. The third-order valence-electron chi connectivity index (χ3n) is 2.13. The second-order valence-corrected chi connectivity index (χ2v) is 5.42. The van der Waals surface area contributed by atoms with Crippen LogP contribution in [0, 0.1) is 0 Å². The number of hydrogen-bond donors (Lipinski definition) is 1. The van der Waals surface area contributed by atoms with Crippen molar-refractivity contribution < 1.29 is 5.11 Å². The van der Waals surface area contributed by atoms with Gasteiger partial charge in [-0.3, -0.25) is 0 Å². The first-order valence-electron chi connectivity index (χ1n) is 4.44. The second-order valence-electron chi connectivity index (χ2n) is 4.32.